The minimum absolute atomic E-state index is 0.131. The molecule has 30 heavy (non-hydrogen) atoms. The SMILES string of the molecule is Cc1cc(C)c2nc3sc(=Cc4ccc(-c5cccc(C(=O)O)c5)o4)c(=O)n3c2c1. The monoisotopic (exact) mass is 416 g/mol. The molecule has 0 fully saturated rings. The van der Waals surface area contributed by atoms with Crippen LogP contribution in [0.1, 0.15) is 27.2 Å². The van der Waals surface area contributed by atoms with Crippen LogP contribution >= 0.6 is 11.3 Å². The lowest BCUT2D eigenvalue weighted by molar-refractivity contribution is 0.0697. The van der Waals surface area contributed by atoms with Gasteiger partial charge in [-0.05, 0) is 55.3 Å². The Morgan fingerprint density at radius 1 is 1.17 bits per heavy atom. The molecule has 0 aliphatic carbocycles. The van der Waals surface area contributed by atoms with Gasteiger partial charge in [0.15, 0.2) is 4.96 Å². The molecule has 0 amide bonds. The van der Waals surface area contributed by atoms with E-state index in [1.165, 1.54) is 17.4 Å². The van der Waals surface area contributed by atoms with Crippen LogP contribution < -0.4 is 10.1 Å². The summed E-state index contributed by atoms with van der Waals surface area (Å²) in [5.74, 6) is 0.0599. The Morgan fingerprint density at radius 2 is 2.00 bits per heavy atom. The van der Waals surface area contributed by atoms with Gasteiger partial charge in [0.05, 0.1) is 16.6 Å². The Bertz CT molecular complexity index is 1570. The van der Waals surface area contributed by atoms with Gasteiger partial charge in [-0.15, -0.1) is 0 Å². The van der Waals surface area contributed by atoms with Crippen LogP contribution in [0.2, 0.25) is 0 Å². The quantitative estimate of drug-likeness (QED) is 0.480. The van der Waals surface area contributed by atoms with E-state index in [0.29, 0.717) is 26.6 Å². The second kappa shape index (κ2) is 6.67. The van der Waals surface area contributed by atoms with Crippen molar-refractivity contribution < 1.29 is 14.3 Å². The fraction of sp³-hybridized carbons (Fsp3) is 0.0870. The van der Waals surface area contributed by atoms with E-state index in [9.17, 15) is 9.59 Å². The first-order valence-corrected chi connectivity index (χ1v) is 10.1. The van der Waals surface area contributed by atoms with Crippen LogP contribution in [-0.2, 0) is 0 Å². The van der Waals surface area contributed by atoms with E-state index in [-0.39, 0.29) is 11.1 Å². The van der Waals surface area contributed by atoms with Gasteiger partial charge in [0.2, 0.25) is 0 Å². The van der Waals surface area contributed by atoms with Crippen molar-refractivity contribution in [1.29, 1.82) is 0 Å². The van der Waals surface area contributed by atoms with Crippen LogP contribution in [0.3, 0.4) is 0 Å². The van der Waals surface area contributed by atoms with Gasteiger partial charge in [0, 0.05) is 11.6 Å². The summed E-state index contributed by atoms with van der Waals surface area (Å²) in [4.78, 5) is 29.5. The van der Waals surface area contributed by atoms with E-state index in [1.54, 1.807) is 40.8 Å². The lowest BCUT2D eigenvalue weighted by Gasteiger charge is -1.98. The Labute approximate surface area is 174 Å². The van der Waals surface area contributed by atoms with Gasteiger partial charge in [-0.25, -0.2) is 14.2 Å². The minimum atomic E-state index is -0.995. The number of hydrogen-bond acceptors (Lipinski definition) is 5. The van der Waals surface area contributed by atoms with E-state index >= 15 is 0 Å². The smallest absolute Gasteiger partial charge is 0.335 e. The highest BCUT2D eigenvalue weighted by atomic mass is 32.1. The fourth-order valence-corrected chi connectivity index (χ4v) is 4.59. The number of rotatable bonds is 3. The van der Waals surface area contributed by atoms with Crippen LogP contribution in [0.25, 0.3) is 33.4 Å². The molecule has 6 nitrogen and oxygen atoms in total. The van der Waals surface area contributed by atoms with Crippen molar-refractivity contribution in [3.05, 3.63) is 85.9 Å². The molecular formula is C23H16N2O4S. The average molecular weight is 416 g/mol. The maximum atomic E-state index is 13.0. The van der Waals surface area contributed by atoms with E-state index in [0.717, 1.165) is 22.2 Å². The second-order valence-corrected chi connectivity index (χ2v) is 8.19. The number of aromatic carboxylic acids is 1. The number of carboxylic acid groups (broad SMARTS) is 1. The molecule has 0 aliphatic heterocycles. The first-order chi connectivity index (χ1) is 14.4. The van der Waals surface area contributed by atoms with Crippen molar-refractivity contribution in [3.8, 4) is 11.3 Å². The van der Waals surface area contributed by atoms with Gasteiger partial charge in [0.1, 0.15) is 16.1 Å². The zero-order valence-electron chi connectivity index (χ0n) is 16.2. The third kappa shape index (κ3) is 2.91. The maximum Gasteiger partial charge on any atom is 0.335 e. The molecule has 0 saturated heterocycles. The standard InChI is InChI=1S/C23H16N2O4S/c1-12-8-13(2)20-17(9-12)25-21(26)19(30-23(25)24-20)11-16-6-7-18(29-16)14-4-3-5-15(10-14)22(27)28/h3-11H,1-2H3,(H,27,28). The van der Waals surface area contributed by atoms with Crippen LogP contribution in [-0.4, -0.2) is 20.5 Å². The third-order valence-electron chi connectivity index (χ3n) is 4.97. The molecule has 0 bridgehead atoms. The van der Waals surface area contributed by atoms with Crippen LogP contribution in [0.15, 0.2) is 57.7 Å². The van der Waals surface area contributed by atoms with Gasteiger partial charge in [-0.2, -0.15) is 0 Å². The van der Waals surface area contributed by atoms with Gasteiger partial charge in [-0.1, -0.05) is 29.5 Å². The highest BCUT2D eigenvalue weighted by molar-refractivity contribution is 7.15. The van der Waals surface area contributed by atoms with Gasteiger partial charge in [-0.3, -0.25) is 4.79 Å². The summed E-state index contributed by atoms with van der Waals surface area (Å²) < 4.78 is 8.02. The molecule has 3 aromatic heterocycles. The number of imidazole rings is 1. The number of aryl methyl sites for hydroxylation is 2. The zero-order chi connectivity index (χ0) is 21.0. The Hall–Kier alpha value is -3.71. The molecule has 0 aliphatic rings. The topological polar surface area (TPSA) is 84.8 Å². The summed E-state index contributed by atoms with van der Waals surface area (Å²) in [5, 5.41) is 9.17. The van der Waals surface area contributed by atoms with Crippen molar-refractivity contribution >= 4 is 39.4 Å². The molecule has 0 unspecified atom stereocenters. The predicted molar refractivity (Wildman–Crippen MR) is 116 cm³/mol. The molecule has 5 aromatic rings. The van der Waals surface area contributed by atoms with Gasteiger partial charge in [0.25, 0.3) is 5.56 Å². The summed E-state index contributed by atoms with van der Waals surface area (Å²) in [6, 6.07) is 14.1. The normalized spacial score (nSPS) is 12.3. The van der Waals surface area contributed by atoms with Crippen molar-refractivity contribution in [2.24, 2.45) is 0 Å². The highest BCUT2D eigenvalue weighted by Crippen LogP contribution is 2.24. The lowest BCUT2D eigenvalue weighted by Crippen LogP contribution is -2.22. The van der Waals surface area contributed by atoms with Crippen molar-refractivity contribution in [2.45, 2.75) is 13.8 Å². The van der Waals surface area contributed by atoms with Gasteiger partial charge >= 0.3 is 5.97 Å². The van der Waals surface area contributed by atoms with Crippen LogP contribution in [0.4, 0.5) is 0 Å². The first kappa shape index (κ1) is 18.3. The maximum absolute atomic E-state index is 13.0. The summed E-state index contributed by atoms with van der Waals surface area (Å²) in [6.45, 7) is 3.99. The molecular weight excluding hydrogens is 400 g/mol. The van der Waals surface area contributed by atoms with Gasteiger partial charge < -0.3 is 9.52 Å². The predicted octanol–water partition coefficient (Wildman–Crippen LogP) is 4.03. The number of hydrogen-bond donors (Lipinski definition) is 1. The number of aromatic nitrogens is 2. The Balaban J connectivity index is 1.61. The lowest BCUT2D eigenvalue weighted by atomic mass is 10.1. The summed E-state index contributed by atoms with van der Waals surface area (Å²) in [5.41, 5.74) is 4.50. The number of nitrogens with zero attached hydrogens (tertiary/aromatic N) is 2. The third-order valence-corrected chi connectivity index (χ3v) is 5.94. The molecule has 0 saturated carbocycles. The summed E-state index contributed by atoms with van der Waals surface area (Å²) in [7, 11) is 0. The average Bonchev–Trinajstić information content (AvgIpc) is 3.39. The zero-order valence-corrected chi connectivity index (χ0v) is 17.0. The summed E-state index contributed by atoms with van der Waals surface area (Å²) in [6.07, 6.45) is 1.70. The Morgan fingerprint density at radius 3 is 2.80 bits per heavy atom. The van der Waals surface area contributed by atoms with E-state index in [4.69, 9.17) is 9.52 Å². The molecule has 148 valence electrons. The summed E-state index contributed by atoms with van der Waals surface area (Å²) >= 11 is 1.32. The molecule has 7 heteroatoms. The molecule has 0 atom stereocenters. The van der Waals surface area contributed by atoms with E-state index in [1.807, 2.05) is 19.9 Å². The number of fused-ring (bicyclic) bond motifs is 3. The first-order valence-electron chi connectivity index (χ1n) is 9.28. The molecule has 0 spiro atoms. The van der Waals surface area contributed by atoms with Crippen LogP contribution in [0, 0.1) is 13.8 Å². The molecule has 0 radical (unpaired) electrons. The van der Waals surface area contributed by atoms with E-state index < -0.39 is 5.97 Å². The number of thiazole rings is 1. The van der Waals surface area contributed by atoms with Crippen LogP contribution in [0.5, 0.6) is 0 Å². The Kier molecular flexibility index (Phi) is 4.08. The highest BCUT2D eigenvalue weighted by Gasteiger charge is 2.14. The number of furan rings is 1. The fourth-order valence-electron chi connectivity index (χ4n) is 3.63. The second-order valence-electron chi connectivity index (χ2n) is 7.18. The molecule has 2 aromatic carbocycles. The van der Waals surface area contributed by atoms with Crippen molar-refractivity contribution in [3.63, 3.8) is 0 Å². The number of benzene rings is 2. The van der Waals surface area contributed by atoms with E-state index in [2.05, 4.69) is 11.1 Å². The minimum Gasteiger partial charge on any atom is -0.478 e. The van der Waals surface area contributed by atoms with Crippen molar-refractivity contribution in [2.75, 3.05) is 0 Å². The number of carbonyl (C=O) groups is 1. The molecule has 3 heterocycles. The number of carboxylic acids is 1. The molecule has 5 rings (SSSR count). The van der Waals surface area contributed by atoms with Crippen molar-refractivity contribution in [1.82, 2.24) is 9.38 Å². The molecule has 1 N–H and O–H groups in total. The largest absolute Gasteiger partial charge is 0.478 e.